The molecular formula is C35H26N6Pt. The molecule has 0 fully saturated rings. The van der Waals surface area contributed by atoms with E-state index in [1.807, 2.05) is 48.3 Å². The number of pyridine rings is 1. The molecule has 206 valence electrons. The maximum atomic E-state index is 6.25. The van der Waals surface area contributed by atoms with Crippen LogP contribution in [0.15, 0.2) is 128 Å². The minimum atomic E-state index is 0. The fourth-order valence-electron chi connectivity index (χ4n) is 5.21. The zero-order valence-electron chi connectivity index (χ0n) is 22.8. The van der Waals surface area contributed by atoms with Gasteiger partial charge in [-0.1, -0.05) is 115 Å². The van der Waals surface area contributed by atoms with Crippen LogP contribution in [-0.2, 0) is 21.1 Å². The molecule has 1 aromatic heterocycles. The molecule has 7 heteroatoms. The van der Waals surface area contributed by atoms with Crippen LogP contribution in [0.5, 0.6) is 0 Å². The minimum absolute atomic E-state index is 0. The van der Waals surface area contributed by atoms with Gasteiger partial charge in [0.2, 0.25) is 0 Å². The number of anilines is 5. The van der Waals surface area contributed by atoms with E-state index in [1.54, 1.807) is 0 Å². The molecule has 42 heavy (non-hydrogen) atoms. The summed E-state index contributed by atoms with van der Waals surface area (Å²) in [4.78, 5) is 13.1. The zero-order valence-corrected chi connectivity index (χ0v) is 25.1. The largest absolute Gasteiger partial charge is 4.00 e. The molecule has 2 aliphatic rings. The number of aromatic nitrogens is 1. The van der Waals surface area contributed by atoms with Crippen molar-refractivity contribution in [1.82, 2.24) is 9.88 Å². The predicted molar refractivity (Wildman–Crippen MR) is 164 cm³/mol. The number of nitrogens with zero attached hydrogens (tertiary/aromatic N) is 6. The number of rotatable bonds is 5. The summed E-state index contributed by atoms with van der Waals surface area (Å²) < 4.78 is 0. The quantitative estimate of drug-likeness (QED) is 0.171. The van der Waals surface area contributed by atoms with Gasteiger partial charge < -0.3 is 36.4 Å². The van der Waals surface area contributed by atoms with Crippen LogP contribution in [0.3, 0.4) is 0 Å². The summed E-state index contributed by atoms with van der Waals surface area (Å²) in [7, 11) is 2.00. The first-order chi connectivity index (χ1) is 20.3. The molecule has 0 atom stereocenters. The summed E-state index contributed by atoms with van der Waals surface area (Å²) >= 11 is 0. The molecule has 6 nitrogen and oxygen atoms in total. The van der Waals surface area contributed by atoms with Crippen LogP contribution < -0.4 is 14.7 Å². The molecule has 7 rings (SSSR count). The van der Waals surface area contributed by atoms with E-state index in [0.29, 0.717) is 0 Å². The van der Waals surface area contributed by atoms with E-state index in [0.717, 1.165) is 28.4 Å². The average Bonchev–Trinajstić information content (AvgIpc) is 3.66. The second kappa shape index (κ2) is 12.8. The smallest absolute Gasteiger partial charge is 0.512 e. The van der Waals surface area contributed by atoms with Gasteiger partial charge in [-0.25, -0.2) is 0 Å². The van der Waals surface area contributed by atoms with Gasteiger partial charge in [0, 0.05) is 28.2 Å². The van der Waals surface area contributed by atoms with Gasteiger partial charge >= 0.3 is 21.1 Å². The Bertz CT molecular complexity index is 1650. The van der Waals surface area contributed by atoms with Crippen LogP contribution in [0.2, 0.25) is 0 Å². The van der Waals surface area contributed by atoms with E-state index < -0.39 is 0 Å². The van der Waals surface area contributed by atoms with Crippen molar-refractivity contribution in [3.05, 3.63) is 154 Å². The fraction of sp³-hybridized carbons (Fsp3) is 0.0286. The van der Waals surface area contributed by atoms with Gasteiger partial charge in [0.15, 0.2) is 0 Å². The third-order valence-electron chi connectivity index (χ3n) is 7.03. The third kappa shape index (κ3) is 5.40. The van der Waals surface area contributed by atoms with E-state index >= 15 is 0 Å². The first-order valence-corrected chi connectivity index (χ1v) is 13.2. The van der Waals surface area contributed by atoms with E-state index in [1.165, 1.54) is 22.3 Å². The topological polar surface area (TPSA) is 49.6 Å². The average molecular weight is 726 g/mol. The minimum Gasteiger partial charge on any atom is -0.512 e. The van der Waals surface area contributed by atoms with Gasteiger partial charge in [0.25, 0.3) is 0 Å². The summed E-state index contributed by atoms with van der Waals surface area (Å²) in [5.74, 6) is 0. The van der Waals surface area contributed by atoms with Crippen LogP contribution in [0.1, 0.15) is 0 Å². The summed E-state index contributed by atoms with van der Waals surface area (Å²) in [5, 5.41) is 6.25. The van der Waals surface area contributed by atoms with Gasteiger partial charge in [-0.3, -0.25) is 0 Å². The molecule has 4 aromatic carbocycles. The first kappa shape index (κ1) is 28.7. The molecular weight excluding hydrogens is 700 g/mol. The van der Waals surface area contributed by atoms with Crippen LogP contribution in [0.25, 0.3) is 22.3 Å². The molecule has 0 amide bonds. The van der Waals surface area contributed by atoms with E-state index in [-0.39, 0.29) is 21.1 Å². The van der Waals surface area contributed by atoms with Crippen molar-refractivity contribution in [1.29, 1.82) is 5.26 Å². The second-order valence-electron chi connectivity index (χ2n) is 9.57. The number of hydrogen-bond acceptors (Lipinski definition) is 6. The van der Waals surface area contributed by atoms with Gasteiger partial charge in [0.1, 0.15) is 0 Å². The Morgan fingerprint density at radius 1 is 0.643 bits per heavy atom. The second-order valence-corrected chi connectivity index (χ2v) is 9.57. The zero-order chi connectivity index (χ0) is 28.2. The van der Waals surface area contributed by atoms with Crippen LogP contribution in [0, 0.1) is 31.2 Å². The summed E-state index contributed by atoms with van der Waals surface area (Å²) in [6.45, 7) is 8.92. The summed E-state index contributed by atoms with van der Waals surface area (Å²) in [6, 6.07) is 39.8. The predicted octanol–water partition coefficient (Wildman–Crippen LogP) is 8.06. The molecule has 2 aliphatic heterocycles. The molecule has 0 N–H and O–H groups in total. The summed E-state index contributed by atoms with van der Waals surface area (Å²) in [6.07, 6.45) is 7.71. The van der Waals surface area contributed by atoms with Crippen molar-refractivity contribution >= 4 is 28.4 Å². The molecule has 0 saturated heterocycles. The Morgan fingerprint density at radius 3 is 1.76 bits per heavy atom. The molecule has 0 spiro atoms. The molecule has 0 unspecified atom stereocenters. The molecule has 3 heterocycles. The first-order valence-electron chi connectivity index (χ1n) is 13.2. The fourth-order valence-corrected chi connectivity index (χ4v) is 5.21. The maximum Gasteiger partial charge on any atom is 4.00 e. The number of benzene rings is 4. The van der Waals surface area contributed by atoms with E-state index in [4.69, 9.17) is 11.8 Å². The summed E-state index contributed by atoms with van der Waals surface area (Å²) in [5.41, 5.74) is 9.74. The Balaban J connectivity index is 0.00000115. The van der Waals surface area contributed by atoms with Gasteiger partial charge in [-0.05, 0) is 42.7 Å². The Hall–Kier alpha value is -4.85. The Morgan fingerprint density at radius 2 is 1.19 bits per heavy atom. The van der Waals surface area contributed by atoms with E-state index in [2.05, 4.69) is 131 Å². The van der Waals surface area contributed by atoms with Crippen LogP contribution in [-0.4, -0.2) is 16.9 Å². The van der Waals surface area contributed by atoms with Crippen molar-refractivity contribution in [2.45, 2.75) is 0 Å². The number of fused-ring (bicyclic) bond motifs is 1. The van der Waals surface area contributed by atoms with Crippen molar-refractivity contribution < 1.29 is 21.1 Å². The molecule has 5 aromatic rings. The third-order valence-corrected chi connectivity index (χ3v) is 7.03. The van der Waals surface area contributed by atoms with Crippen LogP contribution >= 0.6 is 0 Å². The SMILES string of the molecule is CN1C=CN(c2[c-]c(N3[CH-]N(c4c(-c5ccccc5)cccc4-c4ccccc4)c4ccccc43)cnc2)[CH-]1.[C-]#N.[Pt+4]. The van der Waals surface area contributed by atoms with Gasteiger partial charge in [-0.2, -0.15) is 6.67 Å². The van der Waals surface area contributed by atoms with Crippen LogP contribution in [0.4, 0.5) is 28.4 Å². The van der Waals surface area contributed by atoms with Crippen molar-refractivity contribution in [2.24, 2.45) is 0 Å². The Kier molecular flexibility index (Phi) is 8.71. The Labute approximate surface area is 261 Å². The normalized spacial score (nSPS) is 13.3. The monoisotopic (exact) mass is 725 g/mol. The molecule has 0 bridgehead atoms. The van der Waals surface area contributed by atoms with Gasteiger partial charge in [0.05, 0.1) is 0 Å². The van der Waals surface area contributed by atoms with E-state index in [9.17, 15) is 0 Å². The maximum absolute atomic E-state index is 6.25. The standard InChI is InChI=1S/C34H26N5.CN.Pt/c1-36-19-20-37(24-36)28-21-29(23-35-22-28)38-25-39(33-18-9-8-17-32(33)38)34-30(26-11-4-2-5-12-26)15-10-16-31(34)27-13-6-3-7-14-27;1-2;/h2-20,22-25H,1H3;;/q-3;-1;+4. The van der Waals surface area contributed by atoms with Crippen molar-refractivity contribution in [2.75, 3.05) is 21.7 Å². The van der Waals surface area contributed by atoms with Gasteiger partial charge in [-0.15, -0.1) is 12.7 Å². The molecule has 0 radical (unpaired) electrons. The van der Waals surface area contributed by atoms with Crippen molar-refractivity contribution in [3.63, 3.8) is 0 Å². The molecule has 0 aliphatic carbocycles. The number of para-hydroxylation sites is 3. The molecule has 0 saturated carbocycles. The van der Waals surface area contributed by atoms with Crippen molar-refractivity contribution in [3.8, 4) is 22.3 Å². The number of hydrogen-bond donors (Lipinski definition) is 0.